The van der Waals surface area contributed by atoms with Crippen LogP contribution in [0.3, 0.4) is 0 Å². The van der Waals surface area contributed by atoms with Crippen LogP contribution < -0.4 is 0 Å². The van der Waals surface area contributed by atoms with E-state index < -0.39 is 30.0 Å². The van der Waals surface area contributed by atoms with E-state index in [1.54, 1.807) is 11.8 Å². The Morgan fingerprint density at radius 3 is 2.32 bits per heavy atom. The Kier molecular flexibility index (Phi) is 9.56. The van der Waals surface area contributed by atoms with Gasteiger partial charge in [-0.25, -0.2) is 9.59 Å². The number of carbonyl (C=O) groups is 2. The van der Waals surface area contributed by atoms with Crippen molar-refractivity contribution in [2.45, 2.75) is 71.8 Å². The van der Waals surface area contributed by atoms with Gasteiger partial charge in [0.2, 0.25) is 0 Å². The highest BCUT2D eigenvalue weighted by Crippen LogP contribution is 2.22. The molecular weight excluding hydrogens is 358 g/mol. The summed E-state index contributed by atoms with van der Waals surface area (Å²) in [6.45, 7) is 13.5. The summed E-state index contributed by atoms with van der Waals surface area (Å²) in [7, 11) is 0. The molecule has 28 heavy (non-hydrogen) atoms. The van der Waals surface area contributed by atoms with Crippen LogP contribution in [-0.2, 0) is 20.8 Å². The quantitative estimate of drug-likeness (QED) is 0.421. The Bertz CT molecular complexity index is 624. The van der Waals surface area contributed by atoms with Crippen molar-refractivity contribution in [2.24, 2.45) is 0 Å². The Hall–Kier alpha value is -2.50. The molecule has 1 rings (SSSR count). The number of rotatable bonds is 9. The number of benzene rings is 1. The second kappa shape index (κ2) is 11.4. The van der Waals surface area contributed by atoms with Crippen molar-refractivity contribution >= 4 is 12.2 Å². The molecule has 2 atom stereocenters. The molecule has 0 aromatic heterocycles. The lowest BCUT2D eigenvalue weighted by atomic mass is 10.0. The van der Waals surface area contributed by atoms with Gasteiger partial charge in [0.1, 0.15) is 11.7 Å². The Balaban J connectivity index is 3.19. The minimum Gasteiger partial charge on any atom is -0.444 e. The molecule has 0 aliphatic carbocycles. The monoisotopic (exact) mass is 391 g/mol. The summed E-state index contributed by atoms with van der Waals surface area (Å²) >= 11 is 0. The van der Waals surface area contributed by atoms with E-state index in [4.69, 9.17) is 14.2 Å². The average molecular weight is 392 g/mol. The van der Waals surface area contributed by atoms with Gasteiger partial charge in [0.05, 0.1) is 12.6 Å². The molecule has 0 saturated heterocycles. The first kappa shape index (κ1) is 23.5. The molecule has 1 aromatic rings. The third-order valence-electron chi connectivity index (χ3n) is 3.91. The van der Waals surface area contributed by atoms with Crippen LogP contribution in [0.15, 0.2) is 43.0 Å². The van der Waals surface area contributed by atoms with Gasteiger partial charge < -0.3 is 14.2 Å². The molecule has 0 bridgehead atoms. The van der Waals surface area contributed by atoms with Crippen LogP contribution >= 0.6 is 0 Å². The van der Waals surface area contributed by atoms with Crippen molar-refractivity contribution in [2.75, 3.05) is 6.61 Å². The third kappa shape index (κ3) is 8.03. The first-order chi connectivity index (χ1) is 13.2. The van der Waals surface area contributed by atoms with E-state index in [0.717, 1.165) is 12.0 Å². The summed E-state index contributed by atoms with van der Waals surface area (Å²) in [5.41, 5.74) is 0.308. The Morgan fingerprint density at radius 1 is 1.18 bits per heavy atom. The zero-order chi connectivity index (χ0) is 21.2. The molecule has 0 fully saturated rings. The highest BCUT2D eigenvalue weighted by molar-refractivity contribution is 5.69. The van der Waals surface area contributed by atoms with Crippen LogP contribution in [0.5, 0.6) is 0 Å². The van der Waals surface area contributed by atoms with E-state index in [1.807, 2.05) is 58.0 Å². The maximum absolute atomic E-state index is 13.0. The molecule has 0 aliphatic heterocycles. The van der Waals surface area contributed by atoms with E-state index in [9.17, 15) is 9.59 Å². The highest BCUT2D eigenvalue weighted by Gasteiger charge is 2.34. The summed E-state index contributed by atoms with van der Waals surface area (Å²) in [5, 5.41) is 0. The van der Waals surface area contributed by atoms with Gasteiger partial charge >= 0.3 is 12.2 Å². The zero-order valence-corrected chi connectivity index (χ0v) is 17.6. The number of amides is 1. The number of carbonyl (C=O) groups excluding carboxylic acids is 2. The van der Waals surface area contributed by atoms with Gasteiger partial charge in [-0.1, -0.05) is 50.3 Å². The number of nitrogens with zero attached hydrogens (tertiary/aromatic N) is 1. The molecule has 0 spiro atoms. The van der Waals surface area contributed by atoms with Gasteiger partial charge in [0.15, 0.2) is 0 Å². The number of hydrogen-bond acceptors (Lipinski definition) is 5. The van der Waals surface area contributed by atoms with Crippen molar-refractivity contribution in [3.63, 3.8) is 0 Å². The maximum Gasteiger partial charge on any atom is 0.508 e. The second-order valence-electron chi connectivity index (χ2n) is 7.45. The van der Waals surface area contributed by atoms with Gasteiger partial charge in [0.25, 0.3) is 0 Å². The third-order valence-corrected chi connectivity index (χ3v) is 3.91. The maximum atomic E-state index is 13.0. The standard InChI is InChI=1S/C22H33NO5/c1-7-13-18(19(8-2)27-21(25)26-9-3)23(20(24)28-22(4,5)6)16-17-14-11-10-12-15-17/h8,10-12,14-15,18-19H,2,7,9,13,16H2,1,3-6H3/t18-,19?/m1/s1. The molecule has 0 aliphatic rings. The predicted octanol–water partition coefficient (Wildman–Crippen LogP) is 5.32. The second-order valence-corrected chi connectivity index (χ2v) is 7.45. The number of ether oxygens (including phenoxy) is 3. The van der Waals surface area contributed by atoms with E-state index in [2.05, 4.69) is 6.58 Å². The lowest BCUT2D eigenvalue weighted by Gasteiger charge is -2.36. The van der Waals surface area contributed by atoms with Crippen molar-refractivity contribution in [3.8, 4) is 0 Å². The molecule has 0 heterocycles. The van der Waals surface area contributed by atoms with Crippen LogP contribution in [0.2, 0.25) is 0 Å². The molecule has 6 heteroatoms. The Morgan fingerprint density at radius 2 is 1.82 bits per heavy atom. The average Bonchev–Trinajstić information content (AvgIpc) is 2.62. The largest absolute Gasteiger partial charge is 0.508 e. The van der Waals surface area contributed by atoms with Crippen LogP contribution in [0.4, 0.5) is 9.59 Å². The van der Waals surface area contributed by atoms with E-state index in [1.165, 1.54) is 6.08 Å². The van der Waals surface area contributed by atoms with E-state index >= 15 is 0 Å². The molecule has 1 aromatic carbocycles. The van der Waals surface area contributed by atoms with Crippen LogP contribution in [0.1, 0.15) is 53.0 Å². The van der Waals surface area contributed by atoms with E-state index in [0.29, 0.717) is 13.0 Å². The minimum atomic E-state index is -0.780. The van der Waals surface area contributed by atoms with Crippen molar-refractivity contribution in [3.05, 3.63) is 48.6 Å². The lowest BCUT2D eigenvalue weighted by Crippen LogP contribution is -2.49. The van der Waals surface area contributed by atoms with Crippen LogP contribution in [0, 0.1) is 0 Å². The molecule has 1 amide bonds. The summed E-state index contributed by atoms with van der Waals surface area (Å²) < 4.78 is 16.0. The van der Waals surface area contributed by atoms with Gasteiger partial charge in [-0.15, -0.1) is 0 Å². The van der Waals surface area contributed by atoms with Crippen LogP contribution in [0.25, 0.3) is 0 Å². The molecule has 0 N–H and O–H groups in total. The topological polar surface area (TPSA) is 65.1 Å². The van der Waals surface area contributed by atoms with Crippen molar-refractivity contribution < 1.29 is 23.8 Å². The lowest BCUT2D eigenvalue weighted by molar-refractivity contribution is -0.0198. The predicted molar refractivity (Wildman–Crippen MR) is 109 cm³/mol. The molecule has 0 saturated carbocycles. The normalized spacial score (nSPS) is 13.2. The van der Waals surface area contributed by atoms with Gasteiger partial charge in [-0.3, -0.25) is 4.90 Å². The van der Waals surface area contributed by atoms with E-state index in [-0.39, 0.29) is 6.61 Å². The summed E-state index contributed by atoms with van der Waals surface area (Å²) in [5.74, 6) is 0. The van der Waals surface area contributed by atoms with Crippen molar-refractivity contribution in [1.29, 1.82) is 0 Å². The molecule has 0 radical (unpaired) electrons. The Labute approximate surface area is 168 Å². The van der Waals surface area contributed by atoms with Crippen LogP contribution in [-0.4, -0.2) is 41.5 Å². The molecule has 6 nitrogen and oxygen atoms in total. The van der Waals surface area contributed by atoms with Crippen molar-refractivity contribution in [1.82, 2.24) is 4.90 Å². The van der Waals surface area contributed by atoms with Gasteiger partial charge in [0, 0.05) is 6.54 Å². The molecule has 1 unspecified atom stereocenters. The van der Waals surface area contributed by atoms with Gasteiger partial charge in [-0.2, -0.15) is 0 Å². The summed E-state index contributed by atoms with van der Waals surface area (Å²) in [6.07, 6.45) is 0.971. The number of hydrogen-bond donors (Lipinski definition) is 0. The SMILES string of the molecule is C=CC(OC(=O)OCC)[C@@H](CCC)N(Cc1ccccc1)C(=O)OC(C)(C)C. The summed E-state index contributed by atoms with van der Waals surface area (Å²) in [6, 6.07) is 9.20. The fourth-order valence-corrected chi connectivity index (χ4v) is 2.76. The fraction of sp³-hybridized carbons (Fsp3) is 0.545. The molecular formula is C22H33NO5. The first-order valence-corrected chi connectivity index (χ1v) is 9.71. The van der Waals surface area contributed by atoms with Gasteiger partial charge in [-0.05, 0) is 45.8 Å². The minimum absolute atomic E-state index is 0.209. The summed E-state index contributed by atoms with van der Waals surface area (Å²) in [4.78, 5) is 26.5. The molecule has 156 valence electrons. The highest BCUT2D eigenvalue weighted by atomic mass is 16.7. The zero-order valence-electron chi connectivity index (χ0n) is 17.6. The smallest absolute Gasteiger partial charge is 0.444 e. The first-order valence-electron chi connectivity index (χ1n) is 9.71. The fourth-order valence-electron chi connectivity index (χ4n) is 2.76.